The molecule has 2 heterocycles. The molecule has 0 unspecified atom stereocenters. The van der Waals surface area contributed by atoms with Crippen molar-refractivity contribution >= 4 is 11.9 Å². The predicted octanol–water partition coefficient (Wildman–Crippen LogP) is 1.20. The van der Waals surface area contributed by atoms with Crippen LogP contribution >= 0.6 is 0 Å². The van der Waals surface area contributed by atoms with Crippen molar-refractivity contribution in [2.45, 2.75) is 31.8 Å². The number of carbonyl (C=O) groups is 2. The molecule has 2 aliphatic heterocycles. The zero-order chi connectivity index (χ0) is 16.9. The summed E-state index contributed by atoms with van der Waals surface area (Å²) in [6, 6.07) is 9.63. The molecule has 3 amide bonds. The number of likely N-dealkylation sites (tertiary alicyclic amines) is 2. The molecule has 0 spiro atoms. The SMILES string of the molecule is O=C1C[C@@H](NC(=O)N2CCC[C@H](CO)C2)CN1Cc1ccccc1. The number of nitrogens with one attached hydrogen (secondary N) is 1. The number of hydrogen-bond donors (Lipinski definition) is 2. The number of nitrogens with zero attached hydrogens (tertiary/aromatic N) is 2. The molecular formula is C18H25N3O3. The van der Waals surface area contributed by atoms with Gasteiger partial charge in [-0.1, -0.05) is 30.3 Å². The molecular weight excluding hydrogens is 306 g/mol. The third-order valence-electron chi connectivity index (χ3n) is 4.82. The maximum atomic E-state index is 12.4. The Morgan fingerprint density at radius 1 is 1.25 bits per heavy atom. The van der Waals surface area contributed by atoms with Crippen LogP contribution in [0.3, 0.4) is 0 Å². The van der Waals surface area contributed by atoms with Crippen molar-refractivity contribution in [2.24, 2.45) is 5.92 Å². The molecule has 1 aromatic rings. The Morgan fingerprint density at radius 2 is 2.04 bits per heavy atom. The van der Waals surface area contributed by atoms with Crippen molar-refractivity contribution in [1.82, 2.24) is 15.1 Å². The summed E-state index contributed by atoms with van der Waals surface area (Å²) < 4.78 is 0. The van der Waals surface area contributed by atoms with Gasteiger partial charge in [0, 0.05) is 39.2 Å². The summed E-state index contributed by atoms with van der Waals surface area (Å²) in [6.07, 6.45) is 2.24. The molecule has 6 nitrogen and oxygen atoms in total. The van der Waals surface area contributed by atoms with Crippen LogP contribution in [-0.4, -0.2) is 59.1 Å². The standard InChI is InChI=1S/C18H25N3O3/c22-13-15-7-4-8-20(11-15)18(24)19-16-9-17(23)21(12-16)10-14-5-2-1-3-6-14/h1-3,5-6,15-16,22H,4,7-13H2,(H,19,24)/t15-,16+/m0/s1. The molecule has 2 aliphatic rings. The van der Waals surface area contributed by atoms with Crippen LogP contribution < -0.4 is 5.32 Å². The number of aliphatic hydroxyl groups is 1. The molecule has 2 atom stereocenters. The molecule has 2 fully saturated rings. The lowest BCUT2D eigenvalue weighted by molar-refractivity contribution is -0.128. The Kier molecular flexibility index (Phi) is 5.35. The van der Waals surface area contributed by atoms with E-state index in [0.717, 1.165) is 24.9 Å². The fourth-order valence-electron chi connectivity index (χ4n) is 3.49. The topological polar surface area (TPSA) is 72.9 Å². The molecule has 0 aliphatic carbocycles. The summed E-state index contributed by atoms with van der Waals surface area (Å²) in [5.74, 6) is 0.250. The largest absolute Gasteiger partial charge is 0.396 e. The van der Waals surface area contributed by atoms with Crippen LogP contribution in [0.5, 0.6) is 0 Å². The van der Waals surface area contributed by atoms with E-state index >= 15 is 0 Å². The van der Waals surface area contributed by atoms with E-state index in [4.69, 9.17) is 0 Å². The first kappa shape index (κ1) is 16.8. The van der Waals surface area contributed by atoms with Crippen molar-refractivity contribution < 1.29 is 14.7 Å². The number of amides is 3. The van der Waals surface area contributed by atoms with Crippen LogP contribution in [0.1, 0.15) is 24.8 Å². The Balaban J connectivity index is 1.51. The van der Waals surface area contributed by atoms with Gasteiger partial charge < -0.3 is 20.2 Å². The highest BCUT2D eigenvalue weighted by Gasteiger charge is 2.32. The number of benzene rings is 1. The van der Waals surface area contributed by atoms with Crippen molar-refractivity contribution in [1.29, 1.82) is 0 Å². The van der Waals surface area contributed by atoms with Crippen LogP contribution in [0.2, 0.25) is 0 Å². The van der Waals surface area contributed by atoms with Crippen LogP contribution in [0.25, 0.3) is 0 Å². The molecule has 130 valence electrons. The minimum atomic E-state index is -0.136. The highest BCUT2D eigenvalue weighted by atomic mass is 16.3. The van der Waals surface area contributed by atoms with Gasteiger partial charge in [0.15, 0.2) is 0 Å². The second-order valence-electron chi connectivity index (χ2n) is 6.75. The maximum Gasteiger partial charge on any atom is 0.317 e. The van der Waals surface area contributed by atoms with E-state index in [-0.39, 0.29) is 30.5 Å². The molecule has 0 bridgehead atoms. The number of urea groups is 1. The van der Waals surface area contributed by atoms with E-state index in [0.29, 0.717) is 26.1 Å². The Hall–Kier alpha value is -2.08. The molecule has 0 aromatic heterocycles. The second-order valence-corrected chi connectivity index (χ2v) is 6.75. The average Bonchev–Trinajstić information content (AvgIpc) is 2.95. The summed E-state index contributed by atoms with van der Waals surface area (Å²) in [4.78, 5) is 28.1. The van der Waals surface area contributed by atoms with Gasteiger partial charge in [0.05, 0.1) is 6.04 Å². The summed E-state index contributed by atoms with van der Waals surface area (Å²) in [7, 11) is 0. The fourth-order valence-corrected chi connectivity index (χ4v) is 3.49. The lowest BCUT2D eigenvalue weighted by Crippen LogP contribution is -2.49. The highest BCUT2D eigenvalue weighted by molar-refractivity contribution is 5.81. The summed E-state index contributed by atoms with van der Waals surface area (Å²) in [6.45, 7) is 2.57. The average molecular weight is 331 g/mol. The smallest absolute Gasteiger partial charge is 0.317 e. The number of rotatable bonds is 4. The summed E-state index contributed by atoms with van der Waals surface area (Å²) >= 11 is 0. The van der Waals surface area contributed by atoms with E-state index in [2.05, 4.69) is 5.32 Å². The number of carbonyl (C=O) groups excluding carboxylic acids is 2. The Labute approximate surface area is 142 Å². The van der Waals surface area contributed by atoms with Crippen LogP contribution in [0.4, 0.5) is 4.79 Å². The third kappa shape index (κ3) is 4.06. The quantitative estimate of drug-likeness (QED) is 0.871. The highest BCUT2D eigenvalue weighted by Crippen LogP contribution is 2.18. The minimum absolute atomic E-state index is 0.0797. The van der Waals surface area contributed by atoms with Gasteiger partial charge in [-0.15, -0.1) is 0 Å². The second kappa shape index (κ2) is 7.66. The first-order chi connectivity index (χ1) is 11.7. The molecule has 0 radical (unpaired) electrons. The molecule has 3 rings (SSSR count). The normalized spacial score (nSPS) is 24.3. The molecule has 24 heavy (non-hydrogen) atoms. The maximum absolute atomic E-state index is 12.4. The van der Waals surface area contributed by atoms with Crippen LogP contribution in [0, 0.1) is 5.92 Å². The number of aliphatic hydroxyl groups excluding tert-OH is 1. The molecule has 1 aromatic carbocycles. The van der Waals surface area contributed by atoms with Crippen molar-refractivity contribution in [3.05, 3.63) is 35.9 Å². The van der Waals surface area contributed by atoms with Gasteiger partial charge in [-0.05, 0) is 24.3 Å². The molecule has 0 saturated carbocycles. The van der Waals surface area contributed by atoms with Gasteiger partial charge in [-0.3, -0.25) is 4.79 Å². The zero-order valence-electron chi connectivity index (χ0n) is 13.9. The Bertz CT molecular complexity index is 578. The monoisotopic (exact) mass is 331 g/mol. The van der Waals surface area contributed by atoms with E-state index in [1.165, 1.54) is 0 Å². The van der Waals surface area contributed by atoms with Crippen molar-refractivity contribution in [2.75, 3.05) is 26.2 Å². The van der Waals surface area contributed by atoms with Gasteiger partial charge in [-0.2, -0.15) is 0 Å². The summed E-state index contributed by atoms with van der Waals surface area (Å²) in [5.41, 5.74) is 1.10. The first-order valence-electron chi connectivity index (χ1n) is 8.63. The zero-order valence-corrected chi connectivity index (χ0v) is 13.9. The Morgan fingerprint density at radius 3 is 2.79 bits per heavy atom. The summed E-state index contributed by atoms with van der Waals surface area (Å²) in [5, 5.41) is 12.3. The lowest BCUT2D eigenvalue weighted by atomic mass is 9.99. The van der Waals surface area contributed by atoms with E-state index < -0.39 is 0 Å². The number of hydrogen-bond acceptors (Lipinski definition) is 3. The lowest BCUT2D eigenvalue weighted by Gasteiger charge is -2.32. The minimum Gasteiger partial charge on any atom is -0.396 e. The molecule has 6 heteroatoms. The molecule has 2 saturated heterocycles. The van der Waals surface area contributed by atoms with Crippen LogP contribution in [-0.2, 0) is 11.3 Å². The van der Waals surface area contributed by atoms with E-state index in [9.17, 15) is 14.7 Å². The molecule has 2 N–H and O–H groups in total. The van der Waals surface area contributed by atoms with Crippen molar-refractivity contribution in [3.63, 3.8) is 0 Å². The fraction of sp³-hybridized carbons (Fsp3) is 0.556. The van der Waals surface area contributed by atoms with Crippen LogP contribution in [0.15, 0.2) is 30.3 Å². The van der Waals surface area contributed by atoms with Gasteiger partial charge in [0.25, 0.3) is 0 Å². The first-order valence-corrected chi connectivity index (χ1v) is 8.63. The van der Waals surface area contributed by atoms with Gasteiger partial charge in [-0.25, -0.2) is 4.79 Å². The number of piperidine rings is 1. The van der Waals surface area contributed by atoms with Gasteiger partial charge in [0.1, 0.15) is 0 Å². The van der Waals surface area contributed by atoms with Gasteiger partial charge >= 0.3 is 6.03 Å². The van der Waals surface area contributed by atoms with E-state index in [1.54, 1.807) is 9.80 Å². The van der Waals surface area contributed by atoms with E-state index in [1.807, 2.05) is 30.3 Å². The van der Waals surface area contributed by atoms with Crippen molar-refractivity contribution in [3.8, 4) is 0 Å². The third-order valence-corrected chi connectivity index (χ3v) is 4.82. The predicted molar refractivity (Wildman–Crippen MR) is 90.2 cm³/mol. The van der Waals surface area contributed by atoms with Gasteiger partial charge in [0.2, 0.25) is 5.91 Å².